The molecule has 0 amide bonds. The fraction of sp³-hybridized carbons (Fsp3) is 0. The van der Waals surface area contributed by atoms with E-state index in [4.69, 9.17) is 5.26 Å². The Morgan fingerprint density at radius 2 is 1.89 bits per heavy atom. The van der Waals surface area contributed by atoms with E-state index in [2.05, 4.69) is 5.32 Å². The van der Waals surface area contributed by atoms with Gasteiger partial charge in [-0.1, -0.05) is 18.2 Å². The summed E-state index contributed by atoms with van der Waals surface area (Å²) in [6, 6.07) is 15.4. The van der Waals surface area contributed by atoms with E-state index in [1.807, 2.05) is 36.4 Å². The zero-order valence-electron chi connectivity index (χ0n) is 9.33. The zero-order chi connectivity index (χ0) is 13.0. The van der Waals surface area contributed by atoms with E-state index in [1.165, 1.54) is 18.2 Å². The summed E-state index contributed by atoms with van der Waals surface area (Å²) in [6.45, 7) is 0. The Morgan fingerprint density at radius 1 is 1.17 bits per heavy atom. The number of benzene rings is 2. The number of hydrogen-bond donors (Lipinski definition) is 1. The van der Waals surface area contributed by atoms with E-state index in [0.29, 0.717) is 5.69 Å². The summed E-state index contributed by atoms with van der Waals surface area (Å²) in [7, 11) is 0. The van der Waals surface area contributed by atoms with Crippen molar-refractivity contribution in [2.24, 2.45) is 0 Å². The summed E-state index contributed by atoms with van der Waals surface area (Å²) >= 11 is 0. The molecule has 0 aliphatic heterocycles. The van der Waals surface area contributed by atoms with Crippen LogP contribution in [0.1, 0.15) is 5.56 Å². The molecule has 2 rings (SSSR count). The van der Waals surface area contributed by atoms with Gasteiger partial charge in [-0.2, -0.15) is 5.26 Å². The van der Waals surface area contributed by atoms with E-state index >= 15 is 0 Å². The molecule has 1 N–H and O–H groups in total. The second-order valence-electron chi connectivity index (χ2n) is 3.59. The van der Waals surface area contributed by atoms with Gasteiger partial charge >= 0.3 is 0 Å². The number of nitrogens with zero attached hydrogens (tertiary/aromatic N) is 2. The Hall–Kier alpha value is -2.87. The van der Waals surface area contributed by atoms with E-state index in [-0.39, 0.29) is 11.3 Å². The lowest BCUT2D eigenvalue weighted by molar-refractivity contribution is -0.384. The minimum absolute atomic E-state index is 0.0924. The number of nitro groups is 1. The van der Waals surface area contributed by atoms with E-state index in [1.54, 1.807) is 0 Å². The number of para-hydroxylation sites is 1. The average Bonchev–Trinajstić information content (AvgIpc) is 2.40. The summed E-state index contributed by atoms with van der Waals surface area (Å²) in [4.78, 5) is 10.1. The van der Waals surface area contributed by atoms with Crippen molar-refractivity contribution >= 4 is 17.1 Å². The highest BCUT2D eigenvalue weighted by Gasteiger charge is 2.10. The van der Waals surface area contributed by atoms with Gasteiger partial charge in [-0.15, -0.1) is 0 Å². The monoisotopic (exact) mass is 239 g/mol. The number of anilines is 2. The van der Waals surface area contributed by atoms with Gasteiger partial charge in [0.25, 0.3) is 5.69 Å². The Morgan fingerprint density at radius 3 is 2.50 bits per heavy atom. The molecule has 18 heavy (non-hydrogen) atoms. The molecule has 0 bridgehead atoms. The molecular formula is C13H9N3O2. The molecular weight excluding hydrogens is 230 g/mol. The lowest BCUT2D eigenvalue weighted by Gasteiger charge is -2.07. The number of non-ortho nitro benzene ring substituents is 1. The first-order chi connectivity index (χ1) is 8.70. The summed E-state index contributed by atoms with van der Waals surface area (Å²) in [5.41, 5.74) is 1.52. The summed E-state index contributed by atoms with van der Waals surface area (Å²) in [5.74, 6) is 0. The summed E-state index contributed by atoms with van der Waals surface area (Å²) in [6.07, 6.45) is 0. The number of nitriles is 1. The molecule has 0 aliphatic carbocycles. The molecule has 0 unspecified atom stereocenters. The van der Waals surface area contributed by atoms with Gasteiger partial charge in [-0.3, -0.25) is 10.1 Å². The van der Waals surface area contributed by atoms with Gasteiger partial charge in [-0.25, -0.2) is 0 Å². The maximum atomic E-state index is 10.6. The van der Waals surface area contributed by atoms with Crippen LogP contribution in [0.25, 0.3) is 0 Å². The van der Waals surface area contributed by atoms with Gasteiger partial charge in [0.05, 0.1) is 16.2 Å². The molecule has 88 valence electrons. The maximum Gasteiger partial charge on any atom is 0.270 e. The van der Waals surface area contributed by atoms with Crippen molar-refractivity contribution in [1.29, 1.82) is 5.26 Å². The maximum absolute atomic E-state index is 10.6. The Kier molecular flexibility index (Phi) is 3.21. The van der Waals surface area contributed by atoms with Crippen LogP contribution in [0.5, 0.6) is 0 Å². The quantitative estimate of drug-likeness (QED) is 0.658. The van der Waals surface area contributed by atoms with Crippen LogP contribution in [0.3, 0.4) is 0 Å². The van der Waals surface area contributed by atoms with Crippen LogP contribution in [-0.2, 0) is 0 Å². The van der Waals surface area contributed by atoms with Crippen molar-refractivity contribution in [3.05, 3.63) is 64.2 Å². The van der Waals surface area contributed by atoms with Crippen molar-refractivity contribution in [2.75, 3.05) is 5.32 Å². The largest absolute Gasteiger partial charge is 0.354 e. The fourth-order valence-electron chi connectivity index (χ4n) is 1.52. The van der Waals surface area contributed by atoms with Crippen LogP contribution < -0.4 is 5.32 Å². The predicted octanol–water partition coefficient (Wildman–Crippen LogP) is 3.21. The smallest absolute Gasteiger partial charge is 0.270 e. The third-order valence-electron chi connectivity index (χ3n) is 2.39. The molecule has 0 heterocycles. The van der Waals surface area contributed by atoms with E-state index in [9.17, 15) is 10.1 Å². The van der Waals surface area contributed by atoms with Crippen LogP contribution in [0.4, 0.5) is 17.1 Å². The van der Waals surface area contributed by atoms with E-state index < -0.39 is 4.92 Å². The minimum atomic E-state index is -0.521. The summed E-state index contributed by atoms with van der Waals surface area (Å²) in [5, 5.41) is 22.6. The highest BCUT2D eigenvalue weighted by molar-refractivity contribution is 5.68. The molecule has 0 spiro atoms. The topological polar surface area (TPSA) is 79.0 Å². The first-order valence-corrected chi connectivity index (χ1v) is 5.21. The van der Waals surface area contributed by atoms with Gasteiger partial charge in [0.15, 0.2) is 0 Å². The van der Waals surface area contributed by atoms with Gasteiger partial charge in [0, 0.05) is 17.8 Å². The third-order valence-corrected chi connectivity index (χ3v) is 2.39. The average molecular weight is 239 g/mol. The second kappa shape index (κ2) is 4.97. The summed E-state index contributed by atoms with van der Waals surface area (Å²) < 4.78 is 0. The van der Waals surface area contributed by atoms with Crippen LogP contribution >= 0.6 is 0 Å². The lowest BCUT2D eigenvalue weighted by Crippen LogP contribution is -1.95. The molecule has 0 saturated heterocycles. The predicted molar refractivity (Wildman–Crippen MR) is 67.5 cm³/mol. The van der Waals surface area contributed by atoms with Crippen LogP contribution in [-0.4, -0.2) is 4.92 Å². The molecule has 2 aromatic rings. The zero-order valence-corrected chi connectivity index (χ0v) is 9.33. The molecule has 0 fully saturated rings. The van der Waals surface area contributed by atoms with Crippen LogP contribution in [0.15, 0.2) is 48.5 Å². The molecule has 2 aromatic carbocycles. The first kappa shape index (κ1) is 11.6. The molecule has 5 heteroatoms. The fourth-order valence-corrected chi connectivity index (χ4v) is 1.52. The third kappa shape index (κ3) is 2.44. The molecule has 0 radical (unpaired) electrons. The minimum Gasteiger partial charge on any atom is -0.354 e. The van der Waals surface area contributed by atoms with Gasteiger partial charge in [-0.05, 0) is 18.2 Å². The van der Waals surface area contributed by atoms with Crippen LogP contribution in [0.2, 0.25) is 0 Å². The lowest BCUT2D eigenvalue weighted by atomic mass is 10.1. The second-order valence-corrected chi connectivity index (χ2v) is 3.59. The highest BCUT2D eigenvalue weighted by Crippen LogP contribution is 2.24. The molecule has 0 aromatic heterocycles. The SMILES string of the molecule is N#Cc1cc([N+](=O)[O-])ccc1Nc1ccccc1. The molecule has 0 saturated carbocycles. The van der Waals surface area contributed by atoms with Crippen molar-refractivity contribution in [1.82, 2.24) is 0 Å². The Labute approximate surface area is 103 Å². The van der Waals surface area contributed by atoms with Crippen molar-refractivity contribution in [2.45, 2.75) is 0 Å². The van der Waals surface area contributed by atoms with Crippen molar-refractivity contribution in [3.8, 4) is 6.07 Å². The first-order valence-electron chi connectivity index (χ1n) is 5.21. The van der Waals surface area contributed by atoms with Crippen molar-refractivity contribution < 1.29 is 4.92 Å². The molecule has 0 atom stereocenters. The standard InChI is InChI=1S/C13H9N3O2/c14-9-10-8-12(16(17)18)6-7-13(10)15-11-4-2-1-3-5-11/h1-8,15H. The van der Waals surface area contributed by atoms with E-state index in [0.717, 1.165) is 5.69 Å². The van der Waals surface area contributed by atoms with Crippen molar-refractivity contribution in [3.63, 3.8) is 0 Å². The molecule has 5 nitrogen and oxygen atoms in total. The normalized spacial score (nSPS) is 9.50. The van der Waals surface area contributed by atoms with Gasteiger partial charge in [0.2, 0.25) is 0 Å². The van der Waals surface area contributed by atoms with Crippen LogP contribution in [0, 0.1) is 21.4 Å². The highest BCUT2D eigenvalue weighted by atomic mass is 16.6. The number of hydrogen-bond acceptors (Lipinski definition) is 4. The number of nitrogens with one attached hydrogen (secondary N) is 1. The van der Waals surface area contributed by atoms with Gasteiger partial charge < -0.3 is 5.32 Å². The van der Waals surface area contributed by atoms with Gasteiger partial charge in [0.1, 0.15) is 6.07 Å². The Balaban J connectivity index is 2.35. The number of nitro benzene ring substituents is 1. The number of rotatable bonds is 3. The Bertz CT molecular complexity index is 618. The molecule has 0 aliphatic rings.